The molecule has 3 heterocycles. The number of rotatable bonds is 3. The van der Waals surface area contributed by atoms with Gasteiger partial charge in [0, 0.05) is 19.5 Å². The summed E-state index contributed by atoms with van der Waals surface area (Å²) in [6, 6.07) is 3.77. The second-order valence-corrected chi connectivity index (χ2v) is 5.71. The van der Waals surface area contributed by atoms with Crippen LogP contribution in [-0.2, 0) is 11.2 Å². The lowest BCUT2D eigenvalue weighted by Crippen LogP contribution is -2.43. The first-order valence-electron chi connectivity index (χ1n) is 7.27. The van der Waals surface area contributed by atoms with E-state index >= 15 is 0 Å². The second kappa shape index (κ2) is 5.31. The van der Waals surface area contributed by atoms with Crippen LogP contribution in [0.2, 0.25) is 0 Å². The maximum atomic E-state index is 11.3. The maximum absolute atomic E-state index is 11.3. The van der Waals surface area contributed by atoms with Crippen molar-refractivity contribution in [3.05, 3.63) is 18.0 Å². The maximum Gasteiger partial charge on any atom is 0.308 e. The Morgan fingerprint density at radius 1 is 1.38 bits per heavy atom. The van der Waals surface area contributed by atoms with Gasteiger partial charge in [0.05, 0.1) is 5.92 Å². The van der Waals surface area contributed by atoms with Gasteiger partial charge < -0.3 is 10.0 Å². The average molecular weight is 289 g/mol. The summed E-state index contributed by atoms with van der Waals surface area (Å²) in [4.78, 5) is 13.3. The lowest BCUT2D eigenvalue weighted by molar-refractivity contribution is -0.142. The van der Waals surface area contributed by atoms with Crippen LogP contribution in [-0.4, -0.2) is 44.0 Å². The van der Waals surface area contributed by atoms with Crippen molar-refractivity contribution in [2.45, 2.75) is 26.7 Å². The average Bonchev–Trinajstić information content (AvgIpc) is 2.88. The van der Waals surface area contributed by atoms with Gasteiger partial charge in [-0.25, -0.2) is 0 Å². The lowest BCUT2D eigenvalue weighted by Gasteiger charge is -2.35. The molecule has 0 aliphatic carbocycles. The molecule has 0 radical (unpaired) electrons. The monoisotopic (exact) mass is 289 g/mol. The molecule has 1 N–H and O–H groups in total. The third kappa shape index (κ3) is 2.55. The molecule has 1 aliphatic rings. The van der Waals surface area contributed by atoms with E-state index in [0.717, 1.165) is 36.7 Å². The Kier molecular flexibility index (Phi) is 3.48. The van der Waals surface area contributed by atoms with Gasteiger partial charge in [-0.15, -0.1) is 15.3 Å². The van der Waals surface area contributed by atoms with Crippen molar-refractivity contribution in [3.8, 4) is 0 Å². The lowest BCUT2D eigenvalue weighted by atomic mass is 9.90. The first kappa shape index (κ1) is 13.8. The zero-order valence-corrected chi connectivity index (χ0v) is 12.2. The molecule has 7 heteroatoms. The molecule has 112 valence electrons. The Morgan fingerprint density at radius 3 is 2.90 bits per heavy atom. The van der Waals surface area contributed by atoms with Crippen LogP contribution in [0, 0.1) is 11.8 Å². The van der Waals surface area contributed by atoms with Gasteiger partial charge in [-0.3, -0.25) is 4.79 Å². The summed E-state index contributed by atoms with van der Waals surface area (Å²) in [6.45, 7) is 5.42. The number of anilines is 1. The fourth-order valence-electron chi connectivity index (χ4n) is 2.93. The minimum Gasteiger partial charge on any atom is -0.481 e. The molecule has 2 aromatic heterocycles. The highest BCUT2D eigenvalue weighted by atomic mass is 16.4. The topological polar surface area (TPSA) is 83.6 Å². The van der Waals surface area contributed by atoms with Crippen LogP contribution in [0.4, 0.5) is 5.82 Å². The minimum atomic E-state index is -0.730. The number of piperidine rings is 1. The van der Waals surface area contributed by atoms with E-state index in [9.17, 15) is 9.90 Å². The zero-order valence-electron chi connectivity index (χ0n) is 12.2. The summed E-state index contributed by atoms with van der Waals surface area (Å²) >= 11 is 0. The zero-order chi connectivity index (χ0) is 15.0. The molecular formula is C14H19N5O2. The van der Waals surface area contributed by atoms with E-state index in [4.69, 9.17) is 0 Å². The highest BCUT2D eigenvalue weighted by Gasteiger charge is 2.30. The van der Waals surface area contributed by atoms with E-state index in [0.29, 0.717) is 12.5 Å². The smallest absolute Gasteiger partial charge is 0.308 e. The number of carboxylic acid groups (broad SMARTS) is 1. The Labute approximate surface area is 122 Å². The van der Waals surface area contributed by atoms with Crippen LogP contribution in [0.1, 0.15) is 26.1 Å². The summed E-state index contributed by atoms with van der Waals surface area (Å²) in [5.41, 5.74) is 0.718. The molecular weight excluding hydrogens is 270 g/mol. The molecule has 1 fully saturated rings. The number of aromatic nitrogens is 4. The summed E-state index contributed by atoms with van der Waals surface area (Å²) in [7, 11) is 0. The number of hydrogen-bond acceptors (Lipinski definition) is 5. The van der Waals surface area contributed by atoms with Gasteiger partial charge in [-0.05, 0) is 24.5 Å². The normalized spacial score (nSPS) is 22.7. The third-order valence-electron chi connectivity index (χ3n) is 3.96. The molecule has 0 aromatic carbocycles. The quantitative estimate of drug-likeness (QED) is 0.915. The van der Waals surface area contributed by atoms with Gasteiger partial charge in [0.25, 0.3) is 0 Å². The van der Waals surface area contributed by atoms with Gasteiger partial charge >= 0.3 is 5.97 Å². The van der Waals surface area contributed by atoms with E-state index in [1.807, 2.05) is 24.0 Å². The molecule has 0 spiro atoms. The van der Waals surface area contributed by atoms with Crippen LogP contribution in [0.3, 0.4) is 0 Å². The van der Waals surface area contributed by atoms with Crippen molar-refractivity contribution < 1.29 is 9.90 Å². The highest BCUT2D eigenvalue weighted by molar-refractivity contribution is 5.71. The van der Waals surface area contributed by atoms with Crippen LogP contribution >= 0.6 is 0 Å². The van der Waals surface area contributed by atoms with Crippen LogP contribution in [0.5, 0.6) is 0 Å². The number of hydrogen-bond donors (Lipinski definition) is 1. The minimum absolute atomic E-state index is 0.335. The van der Waals surface area contributed by atoms with Gasteiger partial charge in [0.15, 0.2) is 11.5 Å². The SMILES string of the molecule is CCc1nnc2ccc(N3CC(C)CC(C(=O)O)C3)nn12. The second-order valence-electron chi connectivity index (χ2n) is 5.71. The number of carboxylic acids is 1. The van der Waals surface area contributed by atoms with E-state index < -0.39 is 5.97 Å². The van der Waals surface area contributed by atoms with Crippen molar-refractivity contribution >= 4 is 17.4 Å². The molecule has 3 rings (SSSR count). The fourth-order valence-corrected chi connectivity index (χ4v) is 2.93. The summed E-state index contributed by atoms with van der Waals surface area (Å²) in [5.74, 6) is 0.870. The summed E-state index contributed by atoms with van der Waals surface area (Å²) in [6.07, 6.45) is 1.48. The van der Waals surface area contributed by atoms with E-state index in [1.54, 1.807) is 4.52 Å². The number of aliphatic carboxylic acids is 1. The van der Waals surface area contributed by atoms with E-state index in [-0.39, 0.29) is 5.92 Å². The Balaban J connectivity index is 1.93. The molecule has 0 amide bonds. The Morgan fingerprint density at radius 2 is 2.19 bits per heavy atom. The fraction of sp³-hybridized carbons (Fsp3) is 0.571. The third-order valence-corrected chi connectivity index (χ3v) is 3.96. The van der Waals surface area contributed by atoms with Crippen LogP contribution in [0.15, 0.2) is 12.1 Å². The van der Waals surface area contributed by atoms with Gasteiger partial charge in [0.2, 0.25) is 0 Å². The molecule has 1 aliphatic heterocycles. The predicted octanol–water partition coefficient (Wildman–Crippen LogP) is 1.23. The van der Waals surface area contributed by atoms with Gasteiger partial charge in [-0.2, -0.15) is 4.52 Å². The van der Waals surface area contributed by atoms with Crippen molar-refractivity contribution in [2.24, 2.45) is 11.8 Å². The molecule has 21 heavy (non-hydrogen) atoms. The Bertz CT molecular complexity index is 668. The van der Waals surface area contributed by atoms with Crippen molar-refractivity contribution in [2.75, 3.05) is 18.0 Å². The van der Waals surface area contributed by atoms with E-state index in [2.05, 4.69) is 22.2 Å². The van der Waals surface area contributed by atoms with Crippen molar-refractivity contribution in [1.29, 1.82) is 0 Å². The van der Waals surface area contributed by atoms with Crippen LogP contribution < -0.4 is 4.90 Å². The first-order valence-corrected chi connectivity index (χ1v) is 7.27. The summed E-state index contributed by atoms with van der Waals surface area (Å²) in [5, 5.41) is 22.0. The number of nitrogens with zero attached hydrogens (tertiary/aromatic N) is 5. The molecule has 2 aromatic rings. The van der Waals surface area contributed by atoms with Crippen molar-refractivity contribution in [3.63, 3.8) is 0 Å². The van der Waals surface area contributed by atoms with E-state index in [1.165, 1.54) is 0 Å². The number of carbonyl (C=O) groups is 1. The van der Waals surface area contributed by atoms with Gasteiger partial charge in [-0.1, -0.05) is 13.8 Å². The number of aryl methyl sites for hydroxylation is 1. The summed E-state index contributed by atoms with van der Waals surface area (Å²) < 4.78 is 1.74. The van der Waals surface area contributed by atoms with Crippen LogP contribution in [0.25, 0.3) is 5.65 Å². The van der Waals surface area contributed by atoms with Gasteiger partial charge in [0.1, 0.15) is 5.82 Å². The largest absolute Gasteiger partial charge is 0.481 e. The Hall–Kier alpha value is -2.18. The molecule has 2 unspecified atom stereocenters. The standard InChI is InChI=1S/C14H19N5O2/c1-3-11-15-16-12-4-5-13(17-19(11)12)18-7-9(2)6-10(8-18)14(20)21/h4-5,9-10H,3,6-8H2,1-2H3,(H,20,21). The van der Waals surface area contributed by atoms with Crippen molar-refractivity contribution in [1.82, 2.24) is 19.8 Å². The molecule has 2 atom stereocenters. The molecule has 1 saturated heterocycles. The first-order chi connectivity index (χ1) is 10.1. The molecule has 7 nitrogen and oxygen atoms in total. The molecule has 0 saturated carbocycles. The number of fused-ring (bicyclic) bond motifs is 1. The molecule has 0 bridgehead atoms. The highest BCUT2D eigenvalue weighted by Crippen LogP contribution is 2.25. The predicted molar refractivity (Wildman–Crippen MR) is 77.3 cm³/mol.